The molecule has 0 aliphatic carbocycles. The summed E-state index contributed by atoms with van der Waals surface area (Å²) in [5.74, 6) is 0.760. The number of ether oxygens (including phenoxy) is 1. The Balaban J connectivity index is 1.86. The van der Waals surface area contributed by atoms with Crippen molar-refractivity contribution in [3.05, 3.63) is 29.8 Å². The van der Waals surface area contributed by atoms with Crippen LogP contribution in [0.5, 0.6) is 5.75 Å². The lowest BCUT2D eigenvalue weighted by Crippen LogP contribution is -2.41. The third-order valence-electron chi connectivity index (χ3n) is 3.91. The van der Waals surface area contributed by atoms with Gasteiger partial charge in [-0.25, -0.2) is 0 Å². The highest BCUT2D eigenvalue weighted by Crippen LogP contribution is 2.28. The third-order valence-corrected chi connectivity index (χ3v) is 3.91. The Morgan fingerprint density at radius 1 is 1.35 bits per heavy atom. The van der Waals surface area contributed by atoms with Crippen LogP contribution in [0.1, 0.15) is 44.0 Å². The van der Waals surface area contributed by atoms with Crippen LogP contribution in [0.4, 0.5) is 0 Å². The van der Waals surface area contributed by atoms with Crippen molar-refractivity contribution in [2.24, 2.45) is 5.41 Å². The number of piperidine rings is 1. The summed E-state index contributed by atoms with van der Waals surface area (Å²) in [5.41, 5.74) is 1.08. The molecule has 0 amide bonds. The van der Waals surface area contributed by atoms with Crippen molar-refractivity contribution in [2.45, 2.75) is 33.6 Å². The quantitative estimate of drug-likeness (QED) is 0.771. The van der Waals surface area contributed by atoms with Gasteiger partial charge in [0, 0.05) is 13.1 Å². The van der Waals surface area contributed by atoms with Crippen LogP contribution in [0.3, 0.4) is 0 Å². The molecular weight excluding hydrogens is 250 g/mol. The number of likely N-dealkylation sites (tertiary alicyclic amines) is 1. The lowest BCUT2D eigenvalue weighted by Gasteiger charge is -2.37. The molecule has 0 aromatic heterocycles. The molecule has 2 rings (SSSR count). The average Bonchev–Trinajstić information content (AvgIpc) is 2.38. The fourth-order valence-corrected chi connectivity index (χ4v) is 2.90. The Morgan fingerprint density at radius 2 is 2.10 bits per heavy atom. The molecule has 1 fully saturated rings. The number of carbonyl (C=O) groups is 1. The van der Waals surface area contributed by atoms with Gasteiger partial charge in [-0.2, -0.15) is 0 Å². The number of para-hydroxylation sites is 1. The lowest BCUT2D eigenvalue weighted by molar-refractivity contribution is 0.0985. The van der Waals surface area contributed by atoms with E-state index in [9.17, 15) is 4.79 Å². The van der Waals surface area contributed by atoms with Crippen molar-refractivity contribution < 1.29 is 9.53 Å². The normalized spacial score (nSPS) is 18.8. The fourth-order valence-electron chi connectivity index (χ4n) is 2.90. The zero-order valence-corrected chi connectivity index (χ0v) is 12.8. The third kappa shape index (κ3) is 4.07. The van der Waals surface area contributed by atoms with Crippen LogP contribution in [0.2, 0.25) is 0 Å². The summed E-state index contributed by atoms with van der Waals surface area (Å²) in [4.78, 5) is 14.0. The molecule has 0 atom stereocenters. The Kier molecular flexibility index (Phi) is 4.81. The highest BCUT2D eigenvalue weighted by atomic mass is 16.5. The highest BCUT2D eigenvalue weighted by Gasteiger charge is 2.25. The number of rotatable bonds is 5. The van der Waals surface area contributed by atoms with E-state index in [0.717, 1.165) is 19.6 Å². The second-order valence-electron chi connectivity index (χ2n) is 6.44. The van der Waals surface area contributed by atoms with Gasteiger partial charge in [0.2, 0.25) is 0 Å². The summed E-state index contributed by atoms with van der Waals surface area (Å²) in [7, 11) is 0. The van der Waals surface area contributed by atoms with E-state index in [0.29, 0.717) is 23.3 Å². The molecule has 0 spiro atoms. The first-order chi connectivity index (χ1) is 9.48. The molecule has 3 nitrogen and oxygen atoms in total. The highest BCUT2D eigenvalue weighted by molar-refractivity contribution is 5.96. The molecule has 0 bridgehead atoms. The monoisotopic (exact) mass is 275 g/mol. The van der Waals surface area contributed by atoms with E-state index >= 15 is 0 Å². The second-order valence-corrected chi connectivity index (χ2v) is 6.44. The first kappa shape index (κ1) is 15.0. The first-order valence-electron chi connectivity index (χ1n) is 7.43. The van der Waals surface area contributed by atoms with Crippen LogP contribution in [-0.4, -0.2) is 36.9 Å². The topological polar surface area (TPSA) is 29.5 Å². The first-order valence-corrected chi connectivity index (χ1v) is 7.43. The molecule has 1 aromatic rings. The Hall–Kier alpha value is -1.35. The van der Waals surface area contributed by atoms with Gasteiger partial charge < -0.3 is 4.74 Å². The molecule has 20 heavy (non-hydrogen) atoms. The minimum atomic E-state index is 0.0553. The van der Waals surface area contributed by atoms with Crippen LogP contribution in [0.15, 0.2) is 24.3 Å². The van der Waals surface area contributed by atoms with Crippen LogP contribution >= 0.6 is 0 Å². The predicted octanol–water partition coefficient (Wildman–Crippen LogP) is 3.39. The second kappa shape index (κ2) is 6.40. The van der Waals surface area contributed by atoms with Crippen molar-refractivity contribution in [2.75, 3.05) is 26.2 Å². The molecule has 1 aliphatic rings. The molecule has 1 aromatic carbocycles. The molecule has 3 heteroatoms. The molecule has 0 N–H and O–H groups in total. The van der Waals surface area contributed by atoms with Crippen LogP contribution < -0.4 is 4.74 Å². The Labute approximate surface area is 121 Å². The van der Waals surface area contributed by atoms with Gasteiger partial charge in [0.1, 0.15) is 12.4 Å². The van der Waals surface area contributed by atoms with Gasteiger partial charge in [0.05, 0.1) is 5.56 Å². The van der Waals surface area contributed by atoms with E-state index in [4.69, 9.17) is 4.74 Å². The summed E-state index contributed by atoms with van der Waals surface area (Å²) < 4.78 is 5.81. The minimum absolute atomic E-state index is 0.0553. The van der Waals surface area contributed by atoms with E-state index in [1.807, 2.05) is 24.3 Å². The molecule has 0 saturated carbocycles. The summed E-state index contributed by atoms with van der Waals surface area (Å²) >= 11 is 0. The number of Topliss-reactive ketones (excluding diaryl/α,β-unsaturated/α-hetero) is 1. The number of hydrogen-bond acceptors (Lipinski definition) is 3. The standard InChI is InChI=1S/C17H25NO2/c1-14(19)15-7-4-5-8-16(15)20-12-11-18-10-6-9-17(2,3)13-18/h4-5,7-8H,6,9-13H2,1-3H3. The van der Waals surface area contributed by atoms with Gasteiger partial charge >= 0.3 is 0 Å². The van der Waals surface area contributed by atoms with Crippen molar-refractivity contribution >= 4 is 5.78 Å². The summed E-state index contributed by atoms with van der Waals surface area (Å²) in [6, 6.07) is 7.47. The maximum atomic E-state index is 11.5. The van der Waals surface area contributed by atoms with Gasteiger partial charge in [-0.1, -0.05) is 26.0 Å². The number of nitrogens with zero attached hydrogens (tertiary/aromatic N) is 1. The van der Waals surface area contributed by atoms with E-state index in [1.54, 1.807) is 6.92 Å². The van der Waals surface area contributed by atoms with Crippen LogP contribution in [0.25, 0.3) is 0 Å². The Morgan fingerprint density at radius 3 is 2.80 bits per heavy atom. The molecule has 0 radical (unpaired) electrons. The number of ketones is 1. The number of carbonyl (C=O) groups excluding carboxylic acids is 1. The Bertz CT molecular complexity index is 468. The minimum Gasteiger partial charge on any atom is -0.491 e. The van der Waals surface area contributed by atoms with Gasteiger partial charge in [0.25, 0.3) is 0 Å². The SMILES string of the molecule is CC(=O)c1ccccc1OCCN1CCCC(C)(C)C1. The van der Waals surface area contributed by atoms with Gasteiger partial charge in [-0.05, 0) is 43.9 Å². The zero-order valence-electron chi connectivity index (χ0n) is 12.8. The van der Waals surface area contributed by atoms with E-state index in [-0.39, 0.29) is 5.78 Å². The van der Waals surface area contributed by atoms with E-state index < -0.39 is 0 Å². The van der Waals surface area contributed by atoms with Gasteiger partial charge in [0.15, 0.2) is 5.78 Å². The van der Waals surface area contributed by atoms with Gasteiger partial charge in [-0.3, -0.25) is 9.69 Å². The maximum Gasteiger partial charge on any atom is 0.163 e. The molecule has 0 unspecified atom stereocenters. The molecular formula is C17H25NO2. The maximum absolute atomic E-state index is 11.5. The van der Waals surface area contributed by atoms with Crippen molar-refractivity contribution in [1.82, 2.24) is 4.90 Å². The van der Waals surface area contributed by atoms with Crippen molar-refractivity contribution in [3.63, 3.8) is 0 Å². The van der Waals surface area contributed by atoms with E-state index in [2.05, 4.69) is 18.7 Å². The lowest BCUT2D eigenvalue weighted by atomic mass is 9.84. The molecule has 1 saturated heterocycles. The summed E-state index contributed by atoms with van der Waals surface area (Å²) in [6.45, 7) is 10.1. The van der Waals surface area contributed by atoms with Crippen molar-refractivity contribution in [1.29, 1.82) is 0 Å². The molecule has 1 aliphatic heterocycles. The molecule has 1 heterocycles. The van der Waals surface area contributed by atoms with E-state index in [1.165, 1.54) is 12.8 Å². The zero-order chi connectivity index (χ0) is 14.6. The van der Waals surface area contributed by atoms with Crippen molar-refractivity contribution in [3.8, 4) is 5.75 Å². The number of benzene rings is 1. The summed E-state index contributed by atoms with van der Waals surface area (Å²) in [6.07, 6.45) is 2.56. The average molecular weight is 275 g/mol. The smallest absolute Gasteiger partial charge is 0.163 e. The largest absolute Gasteiger partial charge is 0.491 e. The molecule has 110 valence electrons. The van der Waals surface area contributed by atoms with Crippen LogP contribution in [0, 0.1) is 5.41 Å². The van der Waals surface area contributed by atoms with Gasteiger partial charge in [-0.15, -0.1) is 0 Å². The van der Waals surface area contributed by atoms with Crippen LogP contribution in [-0.2, 0) is 0 Å². The summed E-state index contributed by atoms with van der Waals surface area (Å²) in [5, 5.41) is 0. The number of hydrogen-bond donors (Lipinski definition) is 0. The fraction of sp³-hybridized carbons (Fsp3) is 0.588. The predicted molar refractivity (Wildman–Crippen MR) is 81.4 cm³/mol.